The first-order valence-corrected chi connectivity index (χ1v) is 13.3. The van der Waals surface area contributed by atoms with Crippen LogP contribution in [0.15, 0.2) is 140 Å². The van der Waals surface area contributed by atoms with Gasteiger partial charge < -0.3 is 9.13 Å². The van der Waals surface area contributed by atoms with Crippen LogP contribution in [0.3, 0.4) is 0 Å². The summed E-state index contributed by atoms with van der Waals surface area (Å²) in [4.78, 5) is 0. The van der Waals surface area contributed by atoms with E-state index in [4.69, 9.17) is 0 Å². The highest BCUT2D eigenvalue weighted by atomic mass is 15.0. The van der Waals surface area contributed by atoms with Crippen molar-refractivity contribution in [2.75, 3.05) is 0 Å². The van der Waals surface area contributed by atoms with Crippen molar-refractivity contribution < 1.29 is 0 Å². The Balaban J connectivity index is 1.31. The van der Waals surface area contributed by atoms with Crippen molar-refractivity contribution in [1.82, 2.24) is 9.13 Å². The van der Waals surface area contributed by atoms with Crippen molar-refractivity contribution in [1.29, 1.82) is 0 Å². The van der Waals surface area contributed by atoms with Gasteiger partial charge in [-0.2, -0.15) is 0 Å². The van der Waals surface area contributed by atoms with Crippen LogP contribution in [0.1, 0.15) is 18.0 Å². The molecule has 0 radical (unpaired) electrons. The maximum atomic E-state index is 2.52. The highest BCUT2D eigenvalue weighted by Crippen LogP contribution is 2.38. The van der Waals surface area contributed by atoms with Crippen LogP contribution in [0, 0.1) is 0 Å². The van der Waals surface area contributed by atoms with E-state index in [0.717, 1.165) is 6.42 Å². The molecular formula is C36H26N2. The van der Waals surface area contributed by atoms with E-state index in [0.29, 0.717) is 0 Å². The van der Waals surface area contributed by atoms with Gasteiger partial charge in [0, 0.05) is 38.3 Å². The molecule has 38 heavy (non-hydrogen) atoms. The minimum atomic E-state index is 0.281. The maximum absolute atomic E-state index is 2.52. The van der Waals surface area contributed by atoms with Crippen LogP contribution in [0.2, 0.25) is 0 Å². The lowest BCUT2D eigenvalue weighted by molar-refractivity contribution is 0.649. The van der Waals surface area contributed by atoms with Gasteiger partial charge in [0.1, 0.15) is 0 Å². The molecule has 2 nitrogen and oxygen atoms in total. The van der Waals surface area contributed by atoms with E-state index in [1.54, 1.807) is 0 Å². The molecule has 0 fully saturated rings. The first-order valence-electron chi connectivity index (χ1n) is 13.3. The van der Waals surface area contributed by atoms with Crippen molar-refractivity contribution in [3.63, 3.8) is 0 Å². The zero-order valence-corrected chi connectivity index (χ0v) is 21.0. The minimum Gasteiger partial charge on any atom is -0.333 e. The van der Waals surface area contributed by atoms with E-state index in [9.17, 15) is 0 Å². The molecule has 1 aliphatic rings. The molecule has 2 aromatic heterocycles. The summed E-state index contributed by atoms with van der Waals surface area (Å²) in [5.74, 6) is 0. The van der Waals surface area contributed by atoms with Gasteiger partial charge in [-0.25, -0.2) is 0 Å². The highest BCUT2D eigenvalue weighted by Gasteiger charge is 2.19. The molecule has 0 saturated heterocycles. The third-order valence-corrected chi connectivity index (χ3v) is 8.05. The number of nitrogens with zero attached hydrogens (tertiary/aromatic N) is 2. The lowest BCUT2D eigenvalue weighted by atomic mass is 9.97. The van der Waals surface area contributed by atoms with E-state index in [1.807, 2.05) is 0 Å². The van der Waals surface area contributed by atoms with Gasteiger partial charge >= 0.3 is 0 Å². The monoisotopic (exact) mass is 486 g/mol. The lowest BCUT2D eigenvalue weighted by Gasteiger charge is -2.21. The molecule has 0 aliphatic heterocycles. The summed E-state index contributed by atoms with van der Waals surface area (Å²) < 4.78 is 4.93. The average Bonchev–Trinajstić information content (AvgIpc) is 3.50. The van der Waals surface area contributed by atoms with Gasteiger partial charge in [-0.1, -0.05) is 103 Å². The topological polar surface area (TPSA) is 9.86 Å². The molecule has 8 rings (SSSR count). The van der Waals surface area contributed by atoms with Gasteiger partial charge in [0.25, 0.3) is 0 Å². The molecule has 2 heterocycles. The molecule has 2 heteroatoms. The van der Waals surface area contributed by atoms with Crippen LogP contribution >= 0.6 is 0 Å². The summed E-state index contributed by atoms with van der Waals surface area (Å²) in [6, 6.07) is 44.2. The fourth-order valence-corrected chi connectivity index (χ4v) is 6.33. The molecule has 0 bridgehead atoms. The van der Waals surface area contributed by atoms with Crippen LogP contribution in [0.4, 0.5) is 0 Å². The number of hydrogen-bond acceptors (Lipinski definition) is 0. The molecule has 0 N–H and O–H groups in total. The van der Waals surface area contributed by atoms with Crippen LogP contribution < -0.4 is 0 Å². The largest absolute Gasteiger partial charge is 0.333 e. The molecule has 0 spiro atoms. The van der Waals surface area contributed by atoms with E-state index >= 15 is 0 Å². The Morgan fingerprint density at radius 1 is 0.526 bits per heavy atom. The van der Waals surface area contributed by atoms with Gasteiger partial charge in [-0.05, 0) is 54.0 Å². The van der Waals surface area contributed by atoms with E-state index in [2.05, 4.69) is 149 Å². The molecule has 180 valence electrons. The number of hydrogen-bond donors (Lipinski definition) is 0. The van der Waals surface area contributed by atoms with Crippen molar-refractivity contribution in [3.8, 4) is 5.69 Å². The minimum absolute atomic E-state index is 0.281. The summed E-state index contributed by atoms with van der Waals surface area (Å²) in [7, 11) is 0. The van der Waals surface area contributed by atoms with Crippen LogP contribution in [-0.2, 0) is 0 Å². The smallest absolute Gasteiger partial charge is 0.0560 e. The number of para-hydroxylation sites is 3. The van der Waals surface area contributed by atoms with E-state index in [1.165, 1.54) is 60.4 Å². The molecule has 1 unspecified atom stereocenters. The van der Waals surface area contributed by atoms with Gasteiger partial charge in [0.15, 0.2) is 0 Å². The van der Waals surface area contributed by atoms with E-state index < -0.39 is 0 Å². The summed E-state index contributed by atoms with van der Waals surface area (Å²) in [6.45, 7) is 0. The summed E-state index contributed by atoms with van der Waals surface area (Å²) in [5.41, 5.74) is 8.82. The Morgan fingerprint density at radius 2 is 1.11 bits per heavy atom. The summed E-state index contributed by atoms with van der Waals surface area (Å²) in [6.07, 6.45) is 8.02. The number of aromatic nitrogens is 2. The van der Waals surface area contributed by atoms with Crippen LogP contribution in [-0.4, -0.2) is 9.13 Å². The van der Waals surface area contributed by atoms with Crippen molar-refractivity contribution in [2.24, 2.45) is 0 Å². The first-order chi connectivity index (χ1) is 18.9. The SMILES string of the molecule is C1=CC(n2c3ccccc3c3cc(-n4c5ccccc5c5ccccc54)ccc32)CC=C1c1ccccc1. The average molecular weight is 487 g/mol. The Bertz CT molecular complexity index is 2000. The number of rotatable bonds is 3. The standard InChI is InChI=1S/C36H26N2/c1-2-10-25(11-3-1)26-18-20-27(21-19-26)37-35-17-9-6-14-31(35)32-24-28(22-23-36(32)37)38-33-15-7-4-12-29(33)30-13-5-8-16-34(30)38/h1-20,22-24,27H,21H2. The van der Waals surface area contributed by atoms with Gasteiger partial charge in [0.2, 0.25) is 0 Å². The first kappa shape index (κ1) is 21.3. The zero-order valence-electron chi connectivity index (χ0n) is 21.0. The maximum Gasteiger partial charge on any atom is 0.0560 e. The van der Waals surface area contributed by atoms with Crippen molar-refractivity contribution in [3.05, 3.63) is 145 Å². The van der Waals surface area contributed by atoms with Crippen LogP contribution in [0.5, 0.6) is 0 Å². The predicted molar refractivity (Wildman–Crippen MR) is 161 cm³/mol. The predicted octanol–water partition coefficient (Wildman–Crippen LogP) is 9.48. The molecular weight excluding hydrogens is 460 g/mol. The van der Waals surface area contributed by atoms with Gasteiger partial charge in [-0.3, -0.25) is 0 Å². The second-order valence-electron chi connectivity index (χ2n) is 10.1. The molecule has 0 saturated carbocycles. The second kappa shape index (κ2) is 8.36. The molecule has 1 atom stereocenters. The Morgan fingerprint density at radius 3 is 1.76 bits per heavy atom. The molecule has 7 aromatic rings. The highest BCUT2D eigenvalue weighted by molar-refractivity contribution is 6.11. The van der Waals surface area contributed by atoms with Crippen molar-refractivity contribution >= 4 is 49.2 Å². The Kier molecular flexibility index (Phi) is 4.68. The number of fused-ring (bicyclic) bond motifs is 6. The van der Waals surface area contributed by atoms with E-state index in [-0.39, 0.29) is 6.04 Å². The Labute approximate surface area is 221 Å². The van der Waals surface area contributed by atoms with Gasteiger partial charge in [0.05, 0.1) is 17.1 Å². The second-order valence-corrected chi connectivity index (χ2v) is 10.1. The molecule has 5 aromatic carbocycles. The lowest BCUT2D eigenvalue weighted by Crippen LogP contribution is -2.08. The molecule has 1 aliphatic carbocycles. The third-order valence-electron chi connectivity index (χ3n) is 8.05. The number of allylic oxidation sites excluding steroid dienone is 4. The normalized spacial score (nSPS) is 15.6. The summed E-state index contributed by atoms with van der Waals surface area (Å²) in [5, 5.41) is 5.18. The number of benzene rings is 5. The van der Waals surface area contributed by atoms with Gasteiger partial charge in [-0.15, -0.1) is 0 Å². The fourth-order valence-electron chi connectivity index (χ4n) is 6.33. The third kappa shape index (κ3) is 3.13. The zero-order chi connectivity index (χ0) is 25.1. The molecule has 0 amide bonds. The van der Waals surface area contributed by atoms with Crippen LogP contribution in [0.25, 0.3) is 54.9 Å². The van der Waals surface area contributed by atoms with Crippen molar-refractivity contribution in [2.45, 2.75) is 12.5 Å². The fraction of sp³-hybridized carbons (Fsp3) is 0.0556. The summed E-state index contributed by atoms with van der Waals surface area (Å²) >= 11 is 0. The Hall–Kier alpha value is -4.82. The quantitative estimate of drug-likeness (QED) is 0.235.